The average Bonchev–Trinajstić information content (AvgIpc) is 2.67. The molecule has 2 unspecified atom stereocenters. The molecule has 0 aromatic rings. The van der Waals surface area contributed by atoms with Crippen molar-refractivity contribution >= 4 is 33.7 Å². The number of hydrogen-bond acceptors (Lipinski definition) is 3. The van der Waals surface area contributed by atoms with Crippen LogP contribution in [0.2, 0.25) is 64.0 Å². The molecule has 0 aliphatic rings. The molecule has 0 saturated heterocycles. The second-order valence-corrected chi connectivity index (χ2v) is 30.6. The van der Waals surface area contributed by atoms with Crippen molar-refractivity contribution in [2.24, 2.45) is 0 Å². The van der Waals surface area contributed by atoms with E-state index in [0.717, 1.165) is 32.1 Å². The highest BCUT2D eigenvalue weighted by Gasteiger charge is 2.57. The Kier molecular flexibility index (Phi) is 11.7. The Morgan fingerprint density at radius 3 is 1.33 bits per heavy atom. The lowest BCUT2D eigenvalue weighted by molar-refractivity contribution is -0.0194. The molecule has 0 aromatic heterocycles. The van der Waals surface area contributed by atoms with Crippen LogP contribution in [-0.4, -0.2) is 49.8 Å². The number of hydrogen-bond donors (Lipinski definition) is 0. The molecule has 0 heterocycles. The van der Waals surface area contributed by atoms with Crippen molar-refractivity contribution in [3.05, 3.63) is 0 Å². The molecular weight excluding hydrogens is 473 g/mol. The minimum absolute atomic E-state index is 0.00379. The van der Waals surface area contributed by atoms with E-state index < -0.39 is 33.7 Å². The first-order valence-corrected chi connectivity index (χ1v) is 25.7. The Bertz CT molecular complexity index is 600. The molecule has 0 bridgehead atoms. The van der Waals surface area contributed by atoms with Gasteiger partial charge in [-0.25, -0.2) is 0 Å². The fourth-order valence-electron chi connectivity index (χ4n) is 5.84. The zero-order chi connectivity index (χ0) is 26.7. The largest absolute Gasteiger partial charge is 0.417 e. The predicted octanol–water partition coefficient (Wildman–Crippen LogP) is 8.91. The fraction of sp³-hybridized carbons (Fsp3) is 1.00. The summed E-state index contributed by atoms with van der Waals surface area (Å²) in [5, 5.41) is -0.136. The molecule has 0 aliphatic carbocycles. The first-order valence-electron chi connectivity index (χ1n) is 13.7. The maximum absolute atomic E-state index is 7.48. The lowest BCUT2D eigenvalue weighted by Gasteiger charge is -2.57. The van der Waals surface area contributed by atoms with Gasteiger partial charge in [0.05, 0.1) is 18.9 Å². The smallest absolute Gasteiger partial charge is 0.217 e. The van der Waals surface area contributed by atoms with Gasteiger partial charge in [-0.15, -0.1) is 0 Å². The van der Waals surface area contributed by atoms with Gasteiger partial charge in [0.25, 0.3) is 0 Å². The Morgan fingerprint density at radius 1 is 0.636 bits per heavy atom. The summed E-state index contributed by atoms with van der Waals surface area (Å²) >= 11 is 0. The fourth-order valence-corrected chi connectivity index (χ4v) is 18.5. The average molecular weight is 535 g/mol. The van der Waals surface area contributed by atoms with Crippen LogP contribution in [-0.2, 0) is 13.3 Å². The van der Waals surface area contributed by atoms with Gasteiger partial charge in [-0.2, -0.15) is 0 Å². The molecular formula is C26H62O3Si4. The summed E-state index contributed by atoms with van der Waals surface area (Å²) < 4.78 is 21.6. The summed E-state index contributed by atoms with van der Waals surface area (Å²) in [6.07, 6.45) is 5.24. The standard InChI is InChI=1S/C26H62O3Si4/c1-18-24(8,28-32(13,14)15)33(16,17)29-25(19-2,20-3)23(6,7)30(9)27-26(21-4,22-5)31(10,11)12/h30H,18-22H2,1-17H3. The molecule has 0 aromatic carbocycles. The van der Waals surface area contributed by atoms with Crippen LogP contribution < -0.4 is 0 Å². The van der Waals surface area contributed by atoms with Gasteiger partial charge in [-0.1, -0.05) is 68.1 Å². The summed E-state index contributed by atoms with van der Waals surface area (Å²) in [5.74, 6) is 0. The highest BCUT2D eigenvalue weighted by atomic mass is 28.4. The van der Waals surface area contributed by atoms with Crippen molar-refractivity contribution in [2.75, 3.05) is 0 Å². The highest BCUT2D eigenvalue weighted by Crippen LogP contribution is 2.52. The van der Waals surface area contributed by atoms with Crippen molar-refractivity contribution in [2.45, 2.75) is 168 Å². The van der Waals surface area contributed by atoms with Gasteiger partial charge < -0.3 is 13.3 Å². The molecule has 200 valence electrons. The normalized spacial score (nSPS) is 17.7. The van der Waals surface area contributed by atoms with Gasteiger partial charge in [0.15, 0.2) is 17.4 Å². The van der Waals surface area contributed by atoms with Crippen LogP contribution in [0, 0.1) is 0 Å². The second kappa shape index (κ2) is 11.4. The van der Waals surface area contributed by atoms with E-state index in [1.54, 1.807) is 0 Å². The highest BCUT2D eigenvalue weighted by molar-refractivity contribution is 6.79. The molecule has 0 saturated carbocycles. The minimum Gasteiger partial charge on any atom is -0.417 e. The van der Waals surface area contributed by atoms with Crippen molar-refractivity contribution < 1.29 is 13.3 Å². The summed E-state index contributed by atoms with van der Waals surface area (Å²) in [6, 6.07) is 0. The van der Waals surface area contributed by atoms with Crippen LogP contribution in [0.5, 0.6) is 0 Å². The lowest BCUT2D eigenvalue weighted by Crippen LogP contribution is -2.66. The summed E-state index contributed by atoms with van der Waals surface area (Å²) in [6.45, 7) is 40.4. The molecule has 0 fully saturated rings. The van der Waals surface area contributed by atoms with Crippen LogP contribution in [0.4, 0.5) is 0 Å². The van der Waals surface area contributed by atoms with E-state index in [2.05, 4.69) is 114 Å². The topological polar surface area (TPSA) is 27.7 Å². The summed E-state index contributed by atoms with van der Waals surface area (Å²) in [4.78, 5) is 0. The molecule has 0 spiro atoms. The van der Waals surface area contributed by atoms with E-state index in [1.165, 1.54) is 0 Å². The molecule has 0 rings (SSSR count). The van der Waals surface area contributed by atoms with Crippen LogP contribution in [0.15, 0.2) is 0 Å². The maximum atomic E-state index is 7.48. The Morgan fingerprint density at radius 2 is 1.06 bits per heavy atom. The van der Waals surface area contributed by atoms with E-state index in [-0.39, 0.29) is 21.1 Å². The quantitative estimate of drug-likeness (QED) is 0.196. The molecule has 0 N–H and O–H groups in total. The van der Waals surface area contributed by atoms with Crippen LogP contribution in [0.25, 0.3) is 0 Å². The van der Waals surface area contributed by atoms with E-state index in [1.807, 2.05) is 0 Å². The van der Waals surface area contributed by atoms with Crippen molar-refractivity contribution in [3.8, 4) is 0 Å². The van der Waals surface area contributed by atoms with E-state index in [0.29, 0.717) is 0 Å². The first kappa shape index (κ1) is 33.7. The molecule has 0 amide bonds. The molecule has 0 aliphatic heterocycles. The maximum Gasteiger partial charge on any atom is 0.217 e. The van der Waals surface area contributed by atoms with E-state index >= 15 is 0 Å². The Balaban J connectivity index is 6.38. The summed E-state index contributed by atoms with van der Waals surface area (Å²) in [7, 11) is -7.06. The third-order valence-electron chi connectivity index (χ3n) is 9.17. The van der Waals surface area contributed by atoms with Crippen molar-refractivity contribution in [1.29, 1.82) is 0 Å². The van der Waals surface area contributed by atoms with Gasteiger partial charge in [0.2, 0.25) is 8.32 Å². The third-order valence-corrected chi connectivity index (χ3v) is 21.5. The lowest BCUT2D eigenvalue weighted by atomic mass is 9.84. The van der Waals surface area contributed by atoms with Crippen molar-refractivity contribution in [3.63, 3.8) is 0 Å². The number of rotatable bonds is 15. The third kappa shape index (κ3) is 7.16. The molecule has 3 nitrogen and oxygen atoms in total. The van der Waals surface area contributed by atoms with Gasteiger partial charge in [0.1, 0.15) is 0 Å². The predicted molar refractivity (Wildman–Crippen MR) is 160 cm³/mol. The van der Waals surface area contributed by atoms with Crippen LogP contribution in [0.3, 0.4) is 0 Å². The molecule has 0 radical (unpaired) electrons. The van der Waals surface area contributed by atoms with Crippen LogP contribution in [0.1, 0.15) is 87.5 Å². The van der Waals surface area contributed by atoms with E-state index in [4.69, 9.17) is 13.3 Å². The zero-order valence-electron chi connectivity index (χ0n) is 25.8. The van der Waals surface area contributed by atoms with Crippen LogP contribution >= 0.6 is 0 Å². The van der Waals surface area contributed by atoms with Gasteiger partial charge in [-0.3, -0.25) is 0 Å². The first-order chi connectivity index (χ1) is 14.6. The minimum atomic E-state index is -2.22. The SMILES string of the molecule is CCC(CC)(O[Si](C)(C)C(C)(CC)O[Si](C)(C)C)C(C)(C)[SiH](C)OC(CC)(CC)[Si](C)(C)C. The zero-order valence-corrected chi connectivity index (χ0v) is 30.0. The Labute approximate surface area is 214 Å². The second-order valence-electron chi connectivity index (χ2n) is 13.5. The van der Waals surface area contributed by atoms with Crippen molar-refractivity contribution in [1.82, 2.24) is 0 Å². The van der Waals surface area contributed by atoms with Gasteiger partial charge in [0, 0.05) is 10.3 Å². The molecule has 7 heteroatoms. The Hall–Kier alpha value is 0.748. The van der Waals surface area contributed by atoms with Gasteiger partial charge in [-0.05, 0) is 78.3 Å². The van der Waals surface area contributed by atoms with E-state index in [9.17, 15) is 0 Å². The van der Waals surface area contributed by atoms with Gasteiger partial charge >= 0.3 is 0 Å². The molecule has 2 atom stereocenters. The monoisotopic (exact) mass is 534 g/mol. The summed E-state index contributed by atoms with van der Waals surface area (Å²) in [5.41, 5.74) is -0.194. The molecule has 33 heavy (non-hydrogen) atoms.